The van der Waals surface area contributed by atoms with Gasteiger partial charge in [0.2, 0.25) is 12.0 Å². The van der Waals surface area contributed by atoms with Gasteiger partial charge in [0, 0.05) is 11.1 Å². The standard InChI is InChI=1S/C21H20N2O6/c1-2-28-20(26)13-22-19(25)11-12-29-18-9-5-16(6-10-18)21(27)15-3-7-17(8-4-15)23-14-24/h3-10H,2,11-13H2,1H3,(H,22,25). The summed E-state index contributed by atoms with van der Waals surface area (Å²) in [6.45, 7) is 1.90. The minimum atomic E-state index is -0.492. The highest BCUT2D eigenvalue weighted by atomic mass is 16.5. The fraction of sp³-hybridized carbons (Fsp3) is 0.238. The third-order valence-corrected chi connectivity index (χ3v) is 3.75. The topological polar surface area (TPSA) is 111 Å². The van der Waals surface area contributed by atoms with Crippen LogP contribution in [0.4, 0.5) is 5.69 Å². The number of esters is 1. The third kappa shape index (κ3) is 7.04. The number of carbonyl (C=O) groups excluding carboxylic acids is 4. The normalized spacial score (nSPS) is 9.83. The zero-order valence-corrected chi connectivity index (χ0v) is 15.8. The average Bonchev–Trinajstić information content (AvgIpc) is 2.73. The van der Waals surface area contributed by atoms with Gasteiger partial charge in [0.25, 0.3) is 0 Å². The smallest absolute Gasteiger partial charge is 0.325 e. The Labute approximate surface area is 167 Å². The number of nitrogens with one attached hydrogen (secondary N) is 1. The van der Waals surface area contributed by atoms with Crippen molar-refractivity contribution in [2.24, 2.45) is 4.99 Å². The number of amides is 1. The lowest BCUT2D eigenvalue weighted by atomic mass is 10.0. The maximum absolute atomic E-state index is 12.5. The van der Waals surface area contributed by atoms with Gasteiger partial charge in [0.05, 0.1) is 25.3 Å². The first-order chi connectivity index (χ1) is 14.0. The fourth-order valence-electron chi connectivity index (χ4n) is 2.34. The zero-order valence-electron chi connectivity index (χ0n) is 15.8. The second kappa shape index (κ2) is 11.2. The summed E-state index contributed by atoms with van der Waals surface area (Å²) in [6, 6.07) is 12.8. The molecule has 150 valence electrons. The van der Waals surface area contributed by atoms with E-state index in [-0.39, 0.29) is 37.9 Å². The van der Waals surface area contributed by atoms with Crippen LogP contribution in [0.5, 0.6) is 5.75 Å². The van der Waals surface area contributed by atoms with Crippen LogP contribution < -0.4 is 10.1 Å². The molecule has 0 saturated carbocycles. The molecule has 2 aromatic carbocycles. The molecule has 1 N–H and O–H groups in total. The molecule has 0 spiro atoms. The van der Waals surface area contributed by atoms with Gasteiger partial charge in [-0.1, -0.05) is 0 Å². The number of ether oxygens (including phenoxy) is 2. The number of aliphatic imine (C=N–C) groups is 1. The molecule has 0 aliphatic heterocycles. The van der Waals surface area contributed by atoms with Gasteiger partial charge >= 0.3 is 5.97 Å². The Balaban J connectivity index is 1.82. The van der Waals surface area contributed by atoms with Crippen LogP contribution in [-0.2, 0) is 19.1 Å². The van der Waals surface area contributed by atoms with Gasteiger partial charge in [-0.3, -0.25) is 14.4 Å². The van der Waals surface area contributed by atoms with Crippen molar-refractivity contribution in [3.8, 4) is 5.75 Å². The molecule has 0 bridgehead atoms. The van der Waals surface area contributed by atoms with E-state index in [9.17, 15) is 19.2 Å². The summed E-state index contributed by atoms with van der Waals surface area (Å²) in [5.41, 5.74) is 1.35. The Hall–Kier alpha value is -3.77. The Morgan fingerprint density at radius 2 is 1.62 bits per heavy atom. The number of ketones is 1. The SMILES string of the molecule is CCOC(=O)CNC(=O)CCOc1ccc(C(=O)c2ccc(N=C=O)cc2)cc1. The first-order valence-electron chi connectivity index (χ1n) is 8.91. The van der Waals surface area contributed by atoms with Crippen molar-refractivity contribution in [1.82, 2.24) is 5.32 Å². The Kier molecular flexibility index (Phi) is 8.28. The van der Waals surface area contributed by atoms with Gasteiger partial charge in [-0.25, -0.2) is 4.79 Å². The molecule has 0 fully saturated rings. The predicted molar refractivity (Wildman–Crippen MR) is 104 cm³/mol. The molecule has 2 rings (SSSR count). The van der Waals surface area contributed by atoms with E-state index in [1.54, 1.807) is 55.5 Å². The van der Waals surface area contributed by atoms with Gasteiger partial charge in [0.15, 0.2) is 5.78 Å². The molecule has 0 heterocycles. The lowest BCUT2D eigenvalue weighted by molar-refractivity contribution is -0.143. The Morgan fingerprint density at radius 1 is 1.00 bits per heavy atom. The number of nitrogens with zero attached hydrogens (tertiary/aromatic N) is 1. The number of rotatable bonds is 10. The van der Waals surface area contributed by atoms with Crippen molar-refractivity contribution in [3.63, 3.8) is 0 Å². The van der Waals surface area contributed by atoms with E-state index in [2.05, 4.69) is 10.3 Å². The summed E-state index contributed by atoms with van der Waals surface area (Å²) >= 11 is 0. The summed E-state index contributed by atoms with van der Waals surface area (Å²) in [6.07, 6.45) is 1.52. The largest absolute Gasteiger partial charge is 0.493 e. The fourth-order valence-corrected chi connectivity index (χ4v) is 2.34. The van der Waals surface area contributed by atoms with Gasteiger partial charge in [0.1, 0.15) is 12.3 Å². The lowest BCUT2D eigenvalue weighted by Gasteiger charge is -2.08. The van der Waals surface area contributed by atoms with E-state index in [0.717, 1.165) is 0 Å². The molecule has 0 aliphatic carbocycles. The van der Waals surface area contributed by atoms with Crippen molar-refractivity contribution in [2.75, 3.05) is 19.8 Å². The van der Waals surface area contributed by atoms with Crippen LogP contribution in [0, 0.1) is 0 Å². The predicted octanol–water partition coefficient (Wildman–Crippen LogP) is 2.33. The van der Waals surface area contributed by atoms with Gasteiger partial charge in [-0.05, 0) is 55.5 Å². The maximum atomic E-state index is 12.5. The second-order valence-electron chi connectivity index (χ2n) is 5.78. The van der Waals surface area contributed by atoms with Crippen LogP contribution in [0.1, 0.15) is 29.3 Å². The molecule has 0 saturated heterocycles. The molecular formula is C21H20N2O6. The van der Waals surface area contributed by atoms with E-state index < -0.39 is 5.97 Å². The quantitative estimate of drug-likeness (QED) is 0.286. The van der Waals surface area contributed by atoms with Gasteiger partial charge in [-0.2, -0.15) is 4.99 Å². The summed E-state index contributed by atoms with van der Waals surface area (Å²) < 4.78 is 10.2. The van der Waals surface area contributed by atoms with Crippen LogP contribution in [0.3, 0.4) is 0 Å². The van der Waals surface area contributed by atoms with E-state index in [4.69, 9.17) is 9.47 Å². The van der Waals surface area contributed by atoms with Gasteiger partial charge in [-0.15, -0.1) is 0 Å². The van der Waals surface area contributed by atoms with Crippen molar-refractivity contribution < 1.29 is 28.7 Å². The van der Waals surface area contributed by atoms with Crippen LogP contribution in [0.25, 0.3) is 0 Å². The minimum Gasteiger partial charge on any atom is -0.493 e. The highest BCUT2D eigenvalue weighted by Crippen LogP contribution is 2.18. The Bertz CT molecular complexity index is 900. The number of benzene rings is 2. The summed E-state index contributed by atoms with van der Waals surface area (Å²) in [5.74, 6) is -0.493. The molecule has 1 amide bonds. The minimum absolute atomic E-state index is 0.0791. The lowest BCUT2D eigenvalue weighted by Crippen LogP contribution is -2.31. The molecule has 2 aromatic rings. The third-order valence-electron chi connectivity index (χ3n) is 3.75. The van der Waals surface area contributed by atoms with Crippen LogP contribution >= 0.6 is 0 Å². The van der Waals surface area contributed by atoms with E-state index in [0.29, 0.717) is 22.6 Å². The van der Waals surface area contributed by atoms with E-state index in [1.807, 2.05) is 0 Å². The highest BCUT2D eigenvalue weighted by Gasteiger charge is 2.10. The molecule has 8 heteroatoms. The van der Waals surface area contributed by atoms with Gasteiger partial charge < -0.3 is 14.8 Å². The monoisotopic (exact) mass is 396 g/mol. The van der Waals surface area contributed by atoms with Crippen molar-refractivity contribution in [1.29, 1.82) is 0 Å². The first kappa shape index (κ1) is 21.5. The molecule has 0 aromatic heterocycles. The highest BCUT2D eigenvalue weighted by molar-refractivity contribution is 6.09. The first-order valence-corrected chi connectivity index (χ1v) is 8.91. The second-order valence-corrected chi connectivity index (χ2v) is 5.78. The summed E-state index contributed by atoms with van der Waals surface area (Å²) in [7, 11) is 0. The number of hydrogen-bond acceptors (Lipinski definition) is 7. The van der Waals surface area contributed by atoms with E-state index >= 15 is 0 Å². The van der Waals surface area contributed by atoms with Crippen molar-refractivity contribution >= 4 is 29.4 Å². The Morgan fingerprint density at radius 3 is 2.21 bits per heavy atom. The molecule has 0 aliphatic rings. The molecule has 0 unspecified atom stereocenters. The maximum Gasteiger partial charge on any atom is 0.325 e. The number of carbonyl (C=O) groups is 3. The van der Waals surface area contributed by atoms with Crippen molar-refractivity contribution in [2.45, 2.75) is 13.3 Å². The molecule has 8 nitrogen and oxygen atoms in total. The summed E-state index contributed by atoms with van der Waals surface area (Å²) in [5, 5.41) is 2.44. The summed E-state index contributed by atoms with van der Waals surface area (Å²) in [4.78, 5) is 49.0. The molecule has 0 radical (unpaired) electrons. The molecular weight excluding hydrogens is 376 g/mol. The molecule has 0 atom stereocenters. The number of hydrogen-bond donors (Lipinski definition) is 1. The van der Waals surface area contributed by atoms with Crippen LogP contribution in [-0.4, -0.2) is 43.5 Å². The van der Waals surface area contributed by atoms with Crippen LogP contribution in [0.2, 0.25) is 0 Å². The van der Waals surface area contributed by atoms with E-state index in [1.165, 1.54) is 6.08 Å². The average molecular weight is 396 g/mol. The number of isocyanates is 1. The zero-order chi connectivity index (χ0) is 21.1. The van der Waals surface area contributed by atoms with Crippen molar-refractivity contribution in [3.05, 3.63) is 59.7 Å². The van der Waals surface area contributed by atoms with Crippen LogP contribution in [0.15, 0.2) is 53.5 Å². The molecule has 29 heavy (non-hydrogen) atoms.